The Bertz CT molecular complexity index is 1060. The number of nitrogens with one attached hydrogen (secondary N) is 1. The predicted octanol–water partition coefficient (Wildman–Crippen LogP) is 0.867. The summed E-state index contributed by atoms with van der Waals surface area (Å²) in [5, 5.41) is 12.1. The largest absolute Gasteiger partial charge is 0.507 e. The number of hydrogen-bond acceptors (Lipinski definition) is 8. The molecule has 0 aromatic heterocycles. The quantitative estimate of drug-likeness (QED) is 0.533. The van der Waals surface area contributed by atoms with E-state index in [1.54, 1.807) is 0 Å². The molecule has 0 aliphatic rings. The van der Waals surface area contributed by atoms with E-state index in [1.165, 1.54) is 13.0 Å². The van der Waals surface area contributed by atoms with Crippen LogP contribution in [-0.2, 0) is 25.6 Å². The summed E-state index contributed by atoms with van der Waals surface area (Å²) in [5.74, 6) is -2.21. The molecule has 0 fully saturated rings. The van der Waals surface area contributed by atoms with Crippen molar-refractivity contribution in [1.82, 2.24) is 0 Å². The summed E-state index contributed by atoms with van der Waals surface area (Å²) < 4.78 is 69.6. The molecule has 0 spiro atoms. The van der Waals surface area contributed by atoms with E-state index in [-0.39, 0.29) is 16.5 Å². The van der Waals surface area contributed by atoms with Gasteiger partial charge in [0.2, 0.25) is 5.91 Å². The van der Waals surface area contributed by atoms with Crippen LogP contribution in [0.25, 0.3) is 10.8 Å². The summed E-state index contributed by atoms with van der Waals surface area (Å²) in [6, 6.07) is 3.94. The summed E-state index contributed by atoms with van der Waals surface area (Å²) >= 11 is 0. The van der Waals surface area contributed by atoms with E-state index < -0.39 is 44.0 Å². The Hall–Kier alpha value is -2.61. The first-order chi connectivity index (χ1) is 11.4. The fraction of sp³-hybridized carbons (Fsp3) is 0.0833. The maximum absolute atomic E-state index is 11.2. The zero-order valence-electron chi connectivity index (χ0n) is 12.3. The van der Waals surface area contributed by atoms with Gasteiger partial charge in [-0.3, -0.25) is 13.9 Å². The van der Waals surface area contributed by atoms with Crippen LogP contribution in [0.2, 0.25) is 0 Å². The van der Waals surface area contributed by atoms with Crippen LogP contribution in [0.4, 0.5) is 5.69 Å². The van der Waals surface area contributed by atoms with Gasteiger partial charge < -0.3 is 18.8 Å². The SMILES string of the molecule is CC(=O)Nc1ccc(OS(=O)(=O)O)c2cc(OS(=O)(=O)O)cc(O)c12. The first-order valence-corrected chi connectivity index (χ1v) is 9.00. The average molecular weight is 393 g/mol. The number of fused-ring (bicyclic) bond motifs is 1. The van der Waals surface area contributed by atoms with Crippen LogP contribution < -0.4 is 13.7 Å². The molecule has 0 bridgehead atoms. The Labute approximate surface area is 141 Å². The van der Waals surface area contributed by atoms with Gasteiger partial charge in [-0.1, -0.05) is 0 Å². The minimum absolute atomic E-state index is 0.0427. The Morgan fingerprint density at radius 2 is 1.64 bits per heavy atom. The van der Waals surface area contributed by atoms with Crippen molar-refractivity contribution < 1.29 is 44.2 Å². The Morgan fingerprint density at radius 3 is 2.16 bits per heavy atom. The summed E-state index contributed by atoms with van der Waals surface area (Å²) in [4.78, 5) is 11.2. The minimum Gasteiger partial charge on any atom is -0.507 e. The van der Waals surface area contributed by atoms with Crippen molar-refractivity contribution >= 4 is 43.2 Å². The molecule has 11 nitrogen and oxygen atoms in total. The minimum atomic E-state index is -4.94. The van der Waals surface area contributed by atoms with Crippen LogP contribution in [0, 0.1) is 0 Å². The summed E-state index contributed by atoms with van der Waals surface area (Å²) in [5.41, 5.74) is 0.0427. The smallest absolute Gasteiger partial charge is 0.446 e. The highest BCUT2D eigenvalue weighted by molar-refractivity contribution is 7.81. The van der Waals surface area contributed by atoms with Crippen LogP contribution in [0.1, 0.15) is 6.92 Å². The van der Waals surface area contributed by atoms with E-state index in [9.17, 15) is 26.7 Å². The molecular weight excluding hydrogens is 382 g/mol. The molecule has 0 radical (unpaired) electrons. The molecule has 25 heavy (non-hydrogen) atoms. The van der Waals surface area contributed by atoms with Crippen LogP contribution >= 0.6 is 0 Å². The molecule has 13 heteroatoms. The lowest BCUT2D eigenvalue weighted by Gasteiger charge is -2.13. The normalized spacial score (nSPS) is 12.0. The maximum Gasteiger partial charge on any atom is 0.446 e. The molecule has 0 saturated heterocycles. The van der Waals surface area contributed by atoms with Gasteiger partial charge in [-0.25, -0.2) is 0 Å². The highest BCUT2D eigenvalue weighted by Crippen LogP contribution is 2.41. The van der Waals surface area contributed by atoms with Crippen molar-refractivity contribution in [1.29, 1.82) is 0 Å². The number of anilines is 1. The van der Waals surface area contributed by atoms with Crippen molar-refractivity contribution in [2.45, 2.75) is 6.92 Å². The van der Waals surface area contributed by atoms with Crippen LogP contribution in [0.3, 0.4) is 0 Å². The summed E-state index contributed by atoms with van der Waals surface area (Å²) in [7, 11) is -9.87. The van der Waals surface area contributed by atoms with Crippen LogP contribution in [0.15, 0.2) is 24.3 Å². The molecule has 0 saturated carbocycles. The number of carbonyl (C=O) groups is 1. The third-order valence-corrected chi connectivity index (χ3v) is 3.53. The van der Waals surface area contributed by atoms with Gasteiger partial charge in [0.25, 0.3) is 0 Å². The van der Waals surface area contributed by atoms with Gasteiger partial charge in [0.05, 0.1) is 11.1 Å². The third kappa shape index (κ3) is 4.93. The van der Waals surface area contributed by atoms with Crippen LogP contribution in [-0.4, -0.2) is 37.0 Å². The van der Waals surface area contributed by atoms with E-state index in [1.807, 2.05) is 0 Å². The fourth-order valence-corrected chi connectivity index (χ4v) is 2.77. The zero-order valence-corrected chi connectivity index (χ0v) is 14.0. The third-order valence-electron chi connectivity index (χ3n) is 2.73. The Morgan fingerprint density at radius 1 is 1.04 bits per heavy atom. The molecule has 0 atom stereocenters. The summed E-state index contributed by atoms with van der Waals surface area (Å²) in [6.07, 6.45) is 0. The first kappa shape index (κ1) is 18.7. The van der Waals surface area contributed by atoms with Gasteiger partial charge in [-0.2, -0.15) is 16.8 Å². The maximum atomic E-state index is 11.2. The molecule has 4 N–H and O–H groups in total. The fourth-order valence-electron chi connectivity index (χ4n) is 2.06. The number of rotatable bonds is 5. The second-order valence-electron chi connectivity index (χ2n) is 4.68. The zero-order chi connectivity index (χ0) is 19.0. The second-order valence-corrected chi connectivity index (χ2v) is 6.72. The molecule has 2 rings (SSSR count). The molecule has 0 aliphatic heterocycles. The first-order valence-electron chi connectivity index (χ1n) is 6.27. The van der Waals surface area contributed by atoms with E-state index in [4.69, 9.17) is 9.11 Å². The number of carbonyl (C=O) groups excluding carboxylic acids is 1. The number of phenolic OH excluding ortho intramolecular Hbond substituents is 1. The average Bonchev–Trinajstić information content (AvgIpc) is 2.37. The number of amides is 1. The van der Waals surface area contributed by atoms with Crippen molar-refractivity contribution in [3.05, 3.63) is 24.3 Å². The number of hydrogen-bond donors (Lipinski definition) is 4. The van der Waals surface area contributed by atoms with Gasteiger partial charge in [0, 0.05) is 18.4 Å². The molecular formula is C12H11NO10S2. The van der Waals surface area contributed by atoms with E-state index >= 15 is 0 Å². The Balaban J connectivity index is 2.79. The van der Waals surface area contributed by atoms with E-state index in [2.05, 4.69) is 13.7 Å². The topological polar surface area (TPSA) is 177 Å². The Kier molecular flexibility index (Phi) is 4.76. The summed E-state index contributed by atoms with van der Waals surface area (Å²) in [6.45, 7) is 1.18. The van der Waals surface area contributed by atoms with Gasteiger partial charge in [0.1, 0.15) is 11.5 Å². The highest BCUT2D eigenvalue weighted by atomic mass is 32.3. The van der Waals surface area contributed by atoms with Gasteiger partial charge >= 0.3 is 20.8 Å². The van der Waals surface area contributed by atoms with Crippen molar-refractivity contribution in [3.63, 3.8) is 0 Å². The molecule has 136 valence electrons. The molecule has 0 unspecified atom stereocenters. The number of aromatic hydroxyl groups is 1. The van der Waals surface area contributed by atoms with Crippen molar-refractivity contribution in [2.75, 3.05) is 5.32 Å². The lowest BCUT2D eigenvalue weighted by atomic mass is 10.1. The molecule has 0 aliphatic carbocycles. The van der Waals surface area contributed by atoms with Gasteiger partial charge in [0.15, 0.2) is 5.75 Å². The van der Waals surface area contributed by atoms with Gasteiger partial charge in [-0.05, 0) is 18.2 Å². The molecule has 1 amide bonds. The molecule has 2 aromatic rings. The standard InChI is InChI=1S/C12H11NO10S2/c1-6(14)13-9-2-3-11(23-25(19,20)21)8-4-7(22-24(16,17)18)5-10(15)12(8)9/h2-5,15H,1H3,(H,13,14)(H,16,17,18)(H,19,20,21). The van der Waals surface area contributed by atoms with Crippen molar-refractivity contribution in [3.8, 4) is 17.2 Å². The molecule has 0 heterocycles. The van der Waals surface area contributed by atoms with E-state index in [0.29, 0.717) is 0 Å². The highest BCUT2D eigenvalue weighted by Gasteiger charge is 2.19. The predicted molar refractivity (Wildman–Crippen MR) is 84.3 cm³/mol. The van der Waals surface area contributed by atoms with E-state index in [0.717, 1.165) is 18.2 Å². The number of benzene rings is 2. The molecule has 2 aromatic carbocycles. The van der Waals surface area contributed by atoms with Crippen molar-refractivity contribution in [2.24, 2.45) is 0 Å². The number of phenols is 1. The second kappa shape index (κ2) is 6.36. The van der Waals surface area contributed by atoms with Crippen LogP contribution in [0.5, 0.6) is 17.2 Å². The lowest BCUT2D eigenvalue weighted by molar-refractivity contribution is -0.114. The van der Waals surface area contributed by atoms with Gasteiger partial charge in [-0.15, -0.1) is 0 Å². The monoisotopic (exact) mass is 393 g/mol. The lowest BCUT2D eigenvalue weighted by Crippen LogP contribution is -2.10.